The third kappa shape index (κ3) is 7.79. The Balaban J connectivity index is 0.000000225. The molecule has 1 aromatic heterocycles. The molecule has 0 saturated carbocycles. The summed E-state index contributed by atoms with van der Waals surface area (Å²) >= 11 is 5.77. The largest absolute Gasteiger partial charge is 0.409 e. The Labute approximate surface area is 213 Å². The van der Waals surface area contributed by atoms with Crippen molar-refractivity contribution in [2.45, 2.75) is 23.8 Å². The number of carbonyl (C=O) groups excluding carboxylic acids is 1. The van der Waals surface area contributed by atoms with Gasteiger partial charge in [-0.05, 0) is 48.4 Å². The van der Waals surface area contributed by atoms with E-state index in [1.54, 1.807) is 23.5 Å². The average Bonchev–Trinajstić information content (AvgIpc) is 3.29. The molecule has 4 rings (SSSR count). The van der Waals surface area contributed by atoms with Gasteiger partial charge in [-0.3, -0.25) is 4.79 Å². The second-order valence-corrected chi connectivity index (χ2v) is 9.23. The van der Waals surface area contributed by atoms with Crippen LogP contribution >= 0.6 is 24.0 Å². The Morgan fingerprint density at radius 1 is 1.11 bits per heavy atom. The zero-order valence-corrected chi connectivity index (χ0v) is 20.7. The van der Waals surface area contributed by atoms with Crippen molar-refractivity contribution in [2.24, 2.45) is 22.4 Å². The van der Waals surface area contributed by atoms with E-state index in [1.165, 1.54) is 0 Å². The van der Waals surface area contributed by atoms with Crippen LogP contribution in [0.2, 0.25) is 0 Å². The quantitative estimate of drug-likeness (QED) is 0.0732. The fourth-order valence-electron chi connectivity index (χ4n) is 3.24. The Morgan fingerprint density at radius 3 is 2.60 bits per heavy atom. The third-order valence-corrected chi connectivity index (χ3v) is 6.36. The number of amides is 1. The summed E-state index contributed by atoms with van der Waals surface area (Å²) in [5.74, 6) is 0.0249. The molecule has 1 atom stereocenters. The number of nitrogens with two attached hydrogens (primary N) is 3. The van der Waals surface area contributed by atoms with Crippen LogP contribution in [-0.4, -0.2) is 28.5 Å². The first-order chi connectivity index (χ1) is 16.9. The summed E-state index contributed by atoms with van der Waals surface area (Å²) in [4.78, 5) is 16.5. The van der Waals surface area contributed by atoms with Crippen LogP contribution in [0.4, 0.5) is 5.69 Å². The lowest BCUT2D eigenvalue weighted by Crippen LogP contribution is -2.16. The lowest BCUT2D eigenvalue weighted by Gasteiger charge is -2.09. The van der Waals surface area contributed by atoms with E-state index < -0.39 is 0 Å². The molecule has 0 bridgehead atoms. The van der Waals surface area contributed by atoms with Crippen LogP contribution in [0, 0.1) is 0 Å². The molecule has 0 saturated heterocycles. The molecule has 8 nitrogen and oxygen atoms in total. The van der Waals surface area contributed by atoms with Crippen LogP contribution in [0.3, 0.4) is 0 Å². The molecule has 3 aromatic carbocycles. The molecule has 0 fully saturated rings. The highest BCUT2D eigenvalue weighted by Crippen LogP contribution is 2.27. The maximum Gasteiger partial charge on any atom is 0.225 e. The maximum atomic E-state index is 11.1. The van der Waals surface area contributed by atoms with Crippen LogP contribution in [0.5, 0.6) is 0 Å². The van der Waals surface area contributed by atoms with E-state index >= 15 is 0 Å². The van der Waals surface area contributed by atoms with Gasteiger partial charge in [0.15, 0.2) is 5.84 Å². The van der Waals surface area contributed by atoms with Gasteiger partial charge >= 0.3 is 0 Å². The van der Waals surface area contributed by atoms with Gasteiger partial charge in [0.25, 0.3) is 0 Å². The molecule has 0 aliphatic carbocycles. The fraction of sp³-hybridized carbons (Fsp3) is 0.160. The highest BCUT2D eigenvalue weighted by molar-refractivity contribution is 7.80. The van der Waals surface area contributed by atoms with Crippen molar-refractivity contribution in [3.05, 3.63) is 88.9 Å². The van der Waals surface area contributed by atoms with Crippen LogP contribution in [0.15, 0.2) is 82.8 Å². The van der Waals surface area contributed by atoms with E-state index in [0.29, 0.717) is 24.9 Å². The van der Waals surface area contributed by atoms with Crippen molar-refractivity contribution in [3.8, 4) is 0 Å². The number of oxime groups is 1. The van der Waals surface area contributed by atoms with Crippen molar-refractivity contribution in [3.63, 3.8) is 0 Å². The molecular formula is C25H28N6O2S2. The number of hydrogen-bond donors (Lipinski definition) is 6. The standard InChI is InChI=1S/C16H16N4OS.C9H12N2OS/c17-12(16-19-13-6-1-2-7-14(13)22-16)9-10-4-3-5-11(8-10)15(18)20-21;10-5-4-9(12)11-7-2-1-3-8(13)6-7/h1-8,12,21H,9,17H2,(H2,18,20);1-3,6,13H,4-5,10H2,(H,11,12). The SMILES string of the molecule is N/C(=N/O)c1cccc(CC(N)c2nc3ccccc3s2)c1.NCCC(=O)Nc1cccc(S)c1. The minimum absolute atomic E-state index is 0.0681. The number of para-hydroxylation sites is 1. The number of nitrogens with one attached hydrogen (secondary N) is 1. The lowest BCUT2D eigenvalue weighted by molar-refractivity contribution is -0.116. The Bertz CT molecular complexity index is 1270. The summed E-state index contributed by atoms with van der Waals surface area (Å²) in [7, 11) is 0. The van der Waals surface area contributed by atoms with Crippen LogP contribution in [0.1, 0.15) is 28.6 Å². The summed E-state index contributed by atoms with van der Waals surface area (Å²) in [5, 5.41) is 15.4. The van der Waals surface area contributed by atoms with Gasteiger partial charge in [0.2, 0.25) is 5.91 Å². The van der Waals surface area contributed by atoms with Gasteiger partial charge in [-0.2, -0.15) is 0 Å². The van der Waals surface area contributed by atoms with Crippen molar-refractivity contribution in [1.82, 2.24) is 4.98 Å². The monoisotopic (exact) mass is 508 g/mol. The average molecular weight is 509 g/mol. The van der Waals surface area contributed by atoms with E-state index in [9.17, 15) is 4.79 Å². The number of hydrogen-bond acceptors (Lipinski definition) is 8. The first kappa shape index (κ1) is 26.2. The number of anilines is 1. The number of benzene rings is 3. The molecule has 10 heteroatoms. The van der Waals surface area contributed by atoms with Crippen LogP contribution in [0.25, 0.3) is 10.2 Å². The number of rotatable bonds is 7. The second-order valence-electron chi connectivity index (χ2n) is 7.65. The smallest absolute Gasteiger partial charge is 0.225 e. The zero-order valence-electron chi connectivity index (χ0n) is 19.0. The van der Waals surface area contributed by atoms with Gasteiger partial charge in [0.05, 0.1) is 16.3 Å². The van der Waals surface area contributed by atoms with Gasteiger partial charge < -0.3 is 27.7 Å². The Morgan fingerprint density at radius 2 is 1.89 bits per heavy atom. The summed E-state index contributed by atoms with van der Waals surface area (Å²) in [5.41, 5.74) is 20.6. The molecule has 0 aliphatic heterocycles. The number of fused-ring (bicyclic) bond motifs is 1. The molecule has 35 heavy (non-hydrogen) atoms. The molecule has 1 heterocycles. The summed E-state index contributed by atoms with van der Waals surface area (Å²) in [6, 6.07) is 22.6. The molecular weight excluding hydrogens is 480 g/mol. The summed E-state index contributed by atoms with van der Waals surface area (Å²) < 4.78 is 1.14. The predicted molar refractivity (Wildman–Crippen MR) is 145 cm³/mol. The van der Waals surface area contributed by atoms with Crippen molar-refractivity contribution < 1.29 is 10.0 Å². The third-order valence-electron chi connectivity index (χ3n) is 4.92. The van der Waals surface area contributed by atoms with Gasteiger partial charge in [-0.1, -0.05) is 41.6 Å². The van der Waals surface area contributed by atoms with E-state index in [-0.39, 0.29) is 17.8 Å². The summed E-state index contributed by atoms with van der Waals surface area (Å²) in [6.07, 6.45) is 0.989. The van der Waals surface area contributed by atoms with E-state index in [0.717, 1.165) is 31.4 Å². The lowest BCUT2D eigenvalue weighted by atomic mass is 10.0. The number of thiazole rings is 1. The predicted octanol–water partition coefficient (Wildman–Crippen LogP) is 3.90. The van der Waals surface area contributed by atoms with Gasteiger partial charge in [-0.25, -0.2) is 4.98 Å². The van der Waals surface area contributed by atoms with Gasteiger partial charge in [0, 0.05) is 29.1 Å². The molecule has 1 amide bonds. The molecule has 182 valence electrons. The maximum absolute atomic E-state index is 11.1. The molecule has 1 unspecified atom stereocenters. The van der Waals surface area contributed by atoms with Crippen molar-refractivity contribution >= 4 is 51.6 Å². The number of amidine groups is 1. The molecule has 0 aliphatic rings. The Hall–Kier alpha value is -3.44. The van der Waals surface area contributed by atoms with Crippen LogP contribution in [-0.2, 0) is 11.2 Å². The minimum Gasteiger partial charge on any atom is -0.409 e. The van der Waals surface area contributed by atoms with E-state index in [4.69, 9.17) is 22.4 Å². The number of carbonyl (C=O) groups is 1. The summed E-state index contributed by atoms with van der Waals surface area (Å²) in [6.45, 7) is 0.367. The number of aromatic nitrogens is 1. The second kappa shape index (κ2) is 12.9. The highest BCUT2D eigenvalue weighted by Gasteiger charge is 2.13. The highest BCUT2D eigenvalue weighted by atomic mass is 32.1. The van der Waals surface area contributed by atoms with Gasteiger partial charge in [0.1, 0.15) is 5.01 Å². The Kier molecular flexibility index (Phi) is 9.62. The van der Waals surface area contributed by atoms with Crippen LogP contribution < -0.4 is 22.5 Å². The fourth-order valence-corrected chi connectivity index (χ4v) is 4.44. The molecule has 0 radical (unpaired) electrons. The number of nitrogens with zero attached hydrogens (tertiary/aromatic N) is 2. The van der Waals surface area contributed by atoms with E-state index in [2.05, 4.69) is 28.1 Å². The van der Waals surface area contributed by atoms with E-state index in [1.807, 2.05) is 60.7 Å². The zero-order chi connectivity index (χ0) is 25.2. The number of thiol groups is 1. The first-order valence-corrected chi connectivity index (χ1v) is 12.1. The van der Waals surface area contributed by atoms with Crippen molar-refractivity contribution in [1.29, 1.82) is 0 Å². The van der Waals surface area contributed by atoms with Crippen molar-refractivity contribution in [2.75, 3.05) is 11.9 Å². The molecule has 4 aromatic rings. The first-order valence-electron chi connectivity index (χ1n) is 10.9. The van der Waals surface area contributed by atoms with Gasteiger partial charge in [-0.15, -0.1) is 24.0 Å². The topological polar surface area (TPSA) is 153 Å². The molecule has 8 N–H and O–H groups in total. The normalized spacial score (nSPS) is 12.0. The molecule has 0 spiro atoms. The minimum atomic E-state index is -0.181.